The van der Waals surface area contributed by atoms with Gasteiger partial charge in [0.2, 0.25) is 0 Å². The summed E-state index contributed by atoms with van der Waals surface area (Å²) in [6, 6.07) is 6.57. The van der Waals surface area contributed by atoms with E-state index < -0.39 is 0 Å². The summed E-state index contributed by atoms with van der Waals surface area (Å²) in [7, 11) is 3.48. The molecule has 4 nitrogen and oxygen atoms in total. The molecule has 124 valence electrons. The minimum absolute atomic E-state index is 0.415. The summed E-state index contributed by atoms with van der Waals surface area (Å²) in [5, 5.41) is 3.44. The molecule has 0 unspecified atom stereocenters. The average molecular weight is 306 g/mol. The minimum atomic E-state index is 0.415. The van der Waals surface area contributed by atoms with Crippen molar-refractivity contribution >= 4 is 0 Å². The van der Waals surface area contributed by atoms with Crippen molar-refractivity contribution in [2.45, 2.75) is 38.6 Å². The maximum absolute atomic E-state index is 5.63. The summed E-state index contributed by atoms with van der Waals surface area (Å²) in [6.07, 6.45) is 4.97. The highest BCUT2D eigenvalue weighted by Gasteiger charge is 2.25. The van der Waals surface area contributed by atoms with Gasteiger partial charge in [0.15, 0.2) is 0 Å². The van der Waals surface area contributed by atoms with Gasteiger partial charge in [-0.05, 0) is 24.6 Å². The first-order chi connectivity index (χ1) is 10.8. The molecule has 1 aliphatic heterocycles. The molecule has 0 spiro atoms. The molecule has 2 rings (SSSR count). The highest BCUT2D eigenvalue weighted by atomic mass is 16.5. The Labute approximate surface area is 134 Å². The van der Waals surface area contributed by atoms with Gasteiger partial charge < -0.3 is 14.8 Å². The summed E-state index contributed by atoms with van der Waals surface area (Å²) in [5.41, 5.74) is 1.26. The van der Waals surface area contributed by atoms with Crippen LogP contribution in [-0.2, 0) is 0 Å². The van der Waals surface area contributed by atoms with Crippen molar-refractivity contribution in [2.24, 2.45) is 0 Å². The maximum Gasteiger partial charge on any atom is 0.123 e. The molecule has 0 saturated carbocycles. The smallest absolute Gasteiger partial charge is 0.123 e. The van der Waals surface area contributed by atoms with Gasteiger partial charge in [-0.2, -0.15) is 0 Å². The highest BCUT2D eigenvalue weighted by molar-refractivity contribution is 5.42. The van der Waals surface area contributed by atoms with Crippen LogP contribution in [0.15, 0.2) is 18.2 Å². The molecule has 0 amide bonds. The Kier molecular flexibility index (Phi) is 7.00. The summed E-state index contributed by atoms with van der Waals surface area (Å²) in [6.45, 7) is 6.58. The van der Waals surface area contributed by atoms with Crippen molar-refractivity contribution in [1.82, 2.24) is 10.2 Å². The Morgan fingerprint density at radius 3 is 2.55 bits per heavy atom. The molecule has 1 aromatic rings. The third kappa shape index (κ3) is 4.37. The number of methoxy groups -OCH3 is 2. The molecule has 0 bridgehead atoms. The molecule has 0 aliphatic carbocycles. The zero-order valence-electron chi connectivity index (χ0n) is 14.2. The summed E-state index contributed by atoms with van der Waals surface area (Å²) in [5.74, 6) is 1.88. The zero-order valence-corrected chi connectivity index (χ0v) is 14.2. The van der Waals surface area contributed by atoms with Gasteiger partial charge in [-0.25, -0.2) is 0 Å². The zero-order chi connectivity index (χ0) is 15.8. The van der Waals surface area contributed by atoms with Gasteiger partial charge in [0.05, 0.1) is 14.2 Å². The number of nitrogens with zero attached hydrogens (tertiary/aromatic N) is 1. The van der Waals surface area contributed by atoms with Crippen molar-refractivity contribution < 1.29 is 9.47 Å². The molecular weight excluding hydrogens is 276 g/mol. The normalized spacial score (nSPS) is 17.2. The standard InChI is InChI=1S/C18H30N2O2/c1-4-5-6-7-17(20-12-10-19-11-13-20)16-14-15(21-2)8-9-18(16)22-3/h8-9,14,17,19H,4-7,10-13H2,1-3H3/t17-/m1/s1. The molecule has 0 radical (unpaired) electrons. The Balaban J connectivity index is 2.25. The van der Waals surface area contributed by atoms with Crippen LogP contribution in [0.1, 0.15) is 44.2 Å². The number of ether oxygens (including phenoxy) is 2. The number of unbranched alkanes of at least 4 members (excludes halogenated alkanes) is 2. The van der Waals surface area contributed by atoms with E-state index >= 15 is 0 Å². The second-order valence-electron chi connectivity index (χ2n) is 5.91. The second-order valence-corrected chi connectivity index (χ2v) is 5.91. The van der Waals surface area contributed by atoms with Gasteiger partial charge in [-0.15, -0.1) is 0 Å². The van der Waals surface area contributed by atoms with Crippen LogP contribution in [0.25, 0.3) is 0 Å². The summed E-state index contributed by atoms with van der Waals surface area (Å²) >= 11 is 0. The fourth-order valence-electron chi connectivity index (χ4n) is 3.22. The number of hydrogen-bond donors (Lipinski definition) is 1. The van der Waals surface area contributed by atoms with Crippen molar-refractivity contribution in [2.75, 3.05) is 40.4 Å². The van der Waals surface area contributed by atoms with Gasteiger partial charge in [0.25, 0.3) is 0 Å². The molecule has 22 heavy (non-hydrogen) atoms. The Morgan fingerprint density at radius 2 is 1.91 bits per heavy atom. The van der Waals surface area contributed by atoms with Crippen LogP contribution in [0.4, 0.5) is 0 Å². The number of piperazine rings is 1. The molecule has 4 heteroatoms. The van der Waals surface area contributed by atoms with E-state index in [-0.39, 0.29) is 0 Å². The Bertz CT molecular complexity index is 445. The fraction of sp³-hybridized carbons (Fsp3) is 0.667. The lowest BCUT2D eigenvalue weighted by molar-refractivity contribution is 0.159. The number of benzene rings is 1. The first kappa shape index (κ1) is 17.1. The van der Waals surface area contributed by atoms with E-state index in [9.17, 15) is 0 Å². The fourth-order valence-corrected chi connectivity index (χ4v) is 3.22. The van der Waals surface area contributed by atoms with E-state index in [4.69, 9.17) is 9.47 Å². The van der Waals surface area contributed by atoms with Crippen molar-refractivity contribution in [1.29, 1.82) is 0 Å². The van der Waals surface area contributed by atoms with Crippen LogP contribution in [-0.4, -0.2) is 45.3 Å². The number of nitrogens with one attached hydrogen (secondary N) is 1. The van der Waals surface area contributed by atoms with Crippen LogP contribution >= 0.6 is 0 Å². The molecule has 0 aromatic heterocycles. The number of hydrogen-bond acceptors (Lipinski definition) is 4. The van der Waals surface area contributed by atoms with Crippen LogP contribution in [0.5, 0.6) is 11.5 Å². The van der Waals surface area contributed by atoms with Gasteiger partial charge in [0.1, 0.15) is 11.5 Å². The lowest BCUT2D eigenvalue weighted by Gasteiger charge is -2.36. The molecular formula is C18H30N2O2. The molecule has 1 N–H and O–H groups in total. The van der Waals surface area contributed by atoms with E-state index in [0.29, 0.717) is 6.04 Å². The van der Waals surface area contributed by atoms with E-state index in [2.05, 4.69) is 23.2 Å². The van der Waals surface area contributed by atoms with Crippen LogP contribution in [0.2, 0.25) is 0 Å². The molecule has 1 aromatic carbocycles. The number of rotatable bonds is 8. The predicted molar refractivity (Wildman–Crippen MR) is 90.9 cm³/mol. The Morgan fingerprint density at radius 1 is 1.14 bits per heavy atom. The van der Waals surface area contributed by atoms with E-state index in [1.54, 1.807) is 14.2 Å². The second kappa shape index (κ2) is 9.01. The maximum atomic E-state index is 5.63. The van der Waals surface area contributed by atoms with Crippen LogP contribution < -0.4 is 14.8 Å². The molecule has 1 aliphatic rings. The summed E-state index contributed by atoms with van der Waals surface area (Å²) in [4.78, 5) is 2.59. The van der Waals surface area contributed by atoms with E-state index in [1.807, 2.05) is 12.1 Å². The summed E-state index contributed by atoms with van der Waals surface area (Å²) < 4.78 is 11.1. The molecule has 1 heterocycles. The topological polar surface area (TPSA) is 33.7 Å². The van der Waals surface area contributed by atoms with Crippen LogP contribution in [0.3, 0.4) is 0 Å². The largest absolute Gasteiger partial charge is 0.497 e. The van der Waals surface area contributed by atoms with Gasteiger partial charge in [-0.3, -0.25) is 4.90 Å². The van der Waals surface area contributed by atoms with Gasteiger partial charge in [-0.1, -0.05) is 26.2 Å². The third-order valence-corrected chi connectivity index (χ3v) is 4.47. The molecule has 1 saturated heterocycles. The highest BCUT2D eigenvalue weighted by Crippen LogP contribution is 2.36. The van der Waals surface area contributed by atoms with E-state index in [0.717, 1.165) is 37.7 Å². The lowest BCUT2D eigenvalue weighted by Crippen LogP contribution is -2.45. The first-order valence-electron chi connectivity index (χ1n) is 8.46. The monoisotopic (exact) mass is 306 g/mol. The lowest BCUT2D eigenvalue weighted by atomic mass is 9.97. The molecule has 1 atom stereocenters. The van der Waals surface area contributed by atoms with Gasteiger partial charge in [0, 0.05) is 37.8 Å². The first-order valence-corrected chi connectivity index (χ1v) is 8.46. The quantitative estimate of drug-likeness (QED) is 0.748. The Hall–Kier alpha value is -1.26. The van der Waals surface area contributed by atoms with E-state index in [1.165, 1.54) is 31.2 Å². The third-order valence-electron chi connectivity index (χ3n) is 4.47. The van der Waals surface area contributed by atoms with Crippen LogP contribution in [0, 0.1) is 0 Å². The van der Waals surface area contributed by atoms with Gasteiger partial charge >= 0.3 is 0 Å². The van der Waals surface area contributed by atoms with Crippen molar-refractivity contribution in [3.63, 3.8) is 0 Å². The van der Waals surface area contributed by atoms with Crippen molar-refractivity contribution in [3.05, 3.63) is 23.8 Å². The SMILES string of the molecule is CCCCC[C@H](c1cc(OC)ccc1OC)N1CCNCC1. The minimum Gasteiger partial charge on any atom is -0.497 e. The van der Waals surface area contributed by atoms with Crippen molar-refractivity contribution in [3.8, 4) is 11.5 Å². The predicted octanol–water partition coefficient (Wildman–Crippen LogP) is 3.23. The average Bonchev–Trinajstić information content (AvgIpc) is 2.59. The molecule has 1 fully saturated rings.